The summed E-state index contributed by atoms with van der Waals surface area (Å²) in [6.07, 6.45) is -11.2. The number of nitrogens with zero attached hydrogens (tertiary/aromatic N) is 1. The molecule has 0 bridgehead atoms. The first-order valence-corrected chi connectivity index (χ1v) is 5.72. The fraction of sp³-hybridized carbons (Fsp3) is 0.333. The van der Waals surface area contributed by atoms with Crippen LogP contribution in [0.3, 0.4) is 0 Å². The Hall–Kier alpha value is -1.27. The van der Waals surface area contributed by atoms with Gasteiger partial charge in [0.05, 0.1) is 18.2 Å². The molecular weight excluding hydrogens is 411 g/mol. The molecule has 1 heterocycles. The monoisotopic (exact) mass is 415 g/mol. The molecular formula is C9H4F6INO3. The second kappa shape index (κ2) is 5.61. The lowest BCUT2D eigenvalue weighted by Crippen LogP contribution is -2.22. The van der Waals surface area contributed by atoms with Crippen LogP contribution in [0.2, 0.25) is 0 Å². The summed E-state index contributed by atoms with van der Waals surface area (Å²) in [4.78, 5) is 13.7. The maximum atomic E-state index is 12.8. The zero-order valence-electron chi connectivity index (χ0n) is 9.14. The van der Waals surface area contributed by atoms with Gasteiger partial charge in [0.1, 0.15) is 3.70 Å². The average molecular weight is 415 g/mol. The summed E-state index contributed by atoms with van der Waals surface area (Å²) in [6, 6.07) is 0. The zero-order valence-corrected chi connectivity index (χ0v) is 11.3. The smallest absolute Gasteiger partial charge is 0.481 e. The Morgan fingerprint density at radius 1 is 1.30 bits per heavy atom. The number of carboxylic acid groups (broad SMARTS) is 1. The van der Waals surface area contributed by atoms with Crippen LogP contribution in [0.5, 0.6) is 5.75 Å². The summed E-state index contributed by atoms with van der Waals surface area (Å²) in [7, 11) is 0. The van der Waals surface area contributed by atoms with Gasteiger partial charge in [-0.2, -0.15) is 13.2 Å². The number of rotatable bonds is 3. The van der Waals surface area contributed by atoms with Gasteiger partial charge in [0.25, 0.3) is 0 Å². The standard InChI is InChI=1S/C9H4F6INO3/c10-8(11,12)6-3(1-5(18)19)4(2-17-7(6)16)20-9(13,14)15/h2H,1H2,(H,18,19). The lowest BCUT2D eigenvalue weighted by Gasteiger charge is -2.18. The molecule has 1 aromatic heterocycles. The van der Waals surface area contributed by atoms with Crippen LogP contribution < -0.4 is 4.74 Å². The number of carbonyl (C=O) groups is 1. The molecule has 0 radical (unpaired) electrons. The SMILES string of the molecule is O=C(O)Cc1c(OC(F)(F)F)cnc(I)c1C(F)(F)F. The summed E-state index contributed by atoms with van der Waals surface area (Å²) < 4.78 is 77.4. The van der Waals surface area contributed by atoms with Crippen molar-refractivity contribution in [3.63, 3.8) is 0 Å². The van der Waals surface area contributed by atoms with E-state index in [0.29, 0.717) is 6.20 Å². The first kappa shape index (κ1) is 16.8. The molecule has 4 nitrogen and oxygen atoms in total. The summed E-state index contributed by atoms with van der Waals surface area (Å²) in [5.41, 5.74) is -2.68. The molecule has 112 valence electrons. The molecule has 0 saturated heterocycles. The number of carboxylic acids is 1. The fourth-order valence-corrected chi connectivity index (χ4v) is 2.10. The Bertz CT molecular complexity index is 528. The second-order valence-corrected chi connectivity index (χ2v) is 4.40. The predicted molar refractivity (Wildman–Crippen MR) is 60.0 cm³/mol. The zero-order chi connectivity index (χ0) is 15.7. The molecule has 0 aliphatic heterocycles. The third kappa shape index (κ3) is 4.38. The molecule has 0 aliphatic rings. The van der Waals surface area contributed by atoms with Gasteiger partial charge < -0.3 is 9.84 Å². The number of halogens is 7. The molecule has 0 saturated carbocycles. The van der Waals surface area contributed by atoms with Crippen molar-refractivity contribution in [2.75, 3.05) is 0 Å². The maximum absolute atomic E-state index is 12.8. The van der Waals surface area contributed by atoms with Crippen molar-refractivity contribution in [1.29, 1.82) is 0 Å². The molecule has 0 unspecified atom stereocenters. The van der Waals surface area contributed by atoms with Gasteiger partial charge in [-0.3, -0.25) is 4.79 Å². The van der Waals surface area contributed by atoms with Crippen molar-refractivity contribution in [1.82, 2.24) is 4.98 Å². The van der Waals surface area contributed by atoms with E-state index in [9.17, 15) is 31.1 Å². The summed E-state index contributed by atoms with van der Waals surface area (Å²) in [5, 5.41) is 8.54. The van der Waals surface area contributed by atoms with Crippen molar-refractivity contribution in [3.8, 4) is 5.75 Å². The molecule has 0 spiro atoms. The van der Waals surface area contributed by atoms with E-state index in [1.807, 2.05) is 0 Å². The Kier molecular flexibility index (Phi) is 4.71. The van der Waals surface area contributed by atoms with Gasteiger partial charge in [-0.25, -0.2) is 4.98 Å². The molecule has 0 atom stereocenters. The normalized spacial score (nSPS) is 12.3. The highest BCUT2D eigenvalue weighted by Crippen LogP contribution is 2.39. The minimum atomic E-state index is -5.26. The summed E-state index contributed by atoms with van der Waals surface area (Å²) in [6.45, 7) is 0. The lowest BCUT2D eigenvalue weighted by atomic mass is 10.1. The van der Waals surface area contributed by atoms with Crippen molar-refractivity contribution in [3.05, 3.63) is 21.0 Å². The number of aromatic nitrogens is 1. The van der Waals surface area contributed by atoms with Crippen molar-refractivity contribution in [2.45, 2.75) is 19.0 Å². The van der Waals surface area contributed by atoms with Gasteiger partial charge in [0.2, 0.25) is 0 Å². The van der Waals surface area contributed by atoms with Gasteiger partial charge in [-0.1, -0.05) is 0 Å². The molecule has 1 aromatic rings. The van der Waals surface area contributed by atoms with Crippen LogP contribution >= 0.6 is 22.6 Å². The molecule has 0 aliphatic carbocycles. The predicted octanol–water partition coefficient (Wildman–Crippen LogP) is 3.23. The Balaban J connectivity index is 3.49. The number of hydrogen-bond donors (Lipinski definition) is 1. The van der Waals surface area contributed by atoms with Gasteiger partial charge in [-0.05, 0) is 22.6 Å². The highest BCUT2D eigenvalue weighted by atomic mass is 127. The van der Waals surface area contributed by atoms with Gasteiger partial charge in [0, 0.05) is 5.56 Å². The molecule has 1 N–H and O–H groups in total. The van der Waals surface area contributed by atoms with Crippen LogP contribution in [0.4, 0.5) is 26.3 Å². The Morgan fingerprint density at radius 2 is 1.85 bits per heavy atom. The fourth-order valence-electron chi connectivity index (χ4n) is 1.33. The molecule has 20 heavy (non-hydrogen) atoms. The quantitative estimate of drug-likeness (QED) is 0.468. The highest BCUT2D eigenvalue weighted by Gasteiger charge is 2.40. The van der Waals surface area contributed by atoms with Gasteiger partial charge >= 0.3 is 18.5 Å². The van der Waals surface area contributed by atoms with Crippen LogP contribution in [0.15, 0.2) is 6.20 Å². The first-order valence-electron chi connectivity index (χ1n) is 4.64. The number of pyridine rings is 1. The molecule has 11 heteroatoms. The second-order valence-electron chi connectivity index (χ2n) is 3.38. The minimum Gasteiger partial charge on any atom is -0.481 e. The van der Waals surface area contributed by atoms with Crippen molar-refractivity contribution in [2.24, 2.45) is 0 Å². The van der Waals surface area contributed by atoms with Crippen LogP contribution in [0, 0.1) is 3.70 Å². The molecule has 0 amide bonds. The van der Waals surface area contributed by atoms with Crippen LogP contribution in [-0.4, -0.2) is 22.4 Å². The van der Waals surface area contributed by atoms with Gasteiger partial charge in [-0.15, -0.1) is 13.2 Å². The van der Waals surface area contributed by atoms with E-state index in [0.717, 1.165) is 22.6 Å². The molecule has 0 aromatic carbocycles. The van der Waals surface area contributed by atoms with E-state index >= 15 is 0 Å². The Morgan fingerprint density at radius 3 is 2.25 bits per heavy atom. The van der Waals surface area contributed by atoms with Crippen LogP contribution in [0.1, 0.15) is 11.1 Å². The van der Waals surface area contributed by atoms with Crippen LogP contribution in [0.25, 0.3) is 0 Å². The number of aliphatic carboxylic acids is 1. The first-order chi connectivity index (χ1) is 8.92. The summed E-state index contributed by atoms with van der Waals surface area (Å²) in [5.74, 6) is -3.02. The topological polar surface area (TPSA) is 59.4 Å². The Labute approximate surface area is 120 Å². The molecule has 0 fully saturated rings. The number of ether oxygens (including phenoxy) is 1. The average Bonchev–Trinajstić information content (AvgIpc) is 2.17. The minimum absolute atomic E-state index is 0.406. The van der Waals surface area contributed by atoms with Crippen molar-refractivity contribution >= 4 is 28.6 Å². The third-order valence-electron chi connectivity index (χ3n) is 1.94. The lowest BCUT2D eigenvalue weighted by molar-refractivity contribution is -0.275. The van der Waals surface area contributed by atoms with E-state index in [4.69, 9.17) is 5.11 Å². The number of hydrogen-bond acceptors (Lipinski definition) is 3. The van der Waals surface area contributed by atoms with E-state index < -0.39 is 45.5 Å². The van der Waals surface area contributed by atoms with E-state index in [1.54, 1.807) is 0 Å². The number of alkyl halides is 6. The highest BCUT2D eigenvalue weighted by molar-refractivity contribution is 14.1. The third-order valence-corrected chi connectivity index (χ3v) is 2.76. The van der Waals surface area contributed by atoms with E-state index in [1.165, 1.54) is 0 Å². The maximum Gasteiger partial charge on any atom is 0.573 e. The largest absolute Gasteiger partial charge is 0.573 e. The van der Waals surface area contributed by atoms with Crippen LogP contribution in [-0.2, 0) is 17.4 Å². The van der Waals surface area contributed by atoms with E-state index in [2.05, 4.69) is 9.72 Å². The van der Waals surface area contributed by atoms with Crippen molar-refractivity contribution < 1.29 is 41.0 Å². The summed E-state index contributed by atoms with van der Waals surface area (Å²) >= 11 is 1.15. The van der Waals surface area contributed by atoms with E-state index in [-0.39, 0.29) is 0 Å². The molecule has 1 rings (SSSR count). The van der Waals surface area contributed by atoms with Gasteiger partial charge in [0.15, 0.2) is 5.75 Å².